The molecule has 0 saturated carbocycles. The number of carbonyl (C=O) groups is 2. The van der Waals surface area contributed by atoms with Crippen LogP contribution in [0.5, 0.6) is 0 Å². The molecule has 0 radical (unpaired) electrons. The van der Waals surface area contributed by atoms with Crippen molar-refractivity contribution < 1.29 is 29.0 Å². The summed E-state index contributed by atoms with van der Waals surface area (Å²) in [4.78, 5) is 28.1. The Balaban J connectivity index is 3.00. The van der Waals surface area contributed by atoms with Gasteiger partial charge < -0.3 is 24.3 Å². The quantitative estimate of drug-likeness (QED) is 0.252. The highest BCUT2D eigenvalue weighted by Gasteiger charge is 2.39. The third-order valence-corrected chi connectivity index (χ3v) is 7.88. The van der Waals surface area contributed by atoms with Crippen LogP contribution in [0.1, 0.15) is 83.3 Å². The van der Waals surface area contributed by atoms with E-state index in [1.54, 1.807) is 19.0 Å². The highest BCUT2D eigenvalue weighted by Crippen LogP contribution is 2.37. The summed E-state index contributed by atoms with van der Waals surface area (Å²) in [6.07, 6.45) is 1.80. The second-order valence-electron chi connectivity index (χ2n) is 12.0. The monoisotopic (exact) mass is 521 g/mol. The minimum Gasteiger partial charge on any atom is -0.462 e. The van der Waals surface area contributed by atoms with E-state index >= 15 is 0 Å². The van der Waals surface area contributed by atoms with E-state index in [0.29, 0.717) is 42.8 Å². The zero-order chi connectivity index (χ0) is 28.4. The predicted octanol–water partition coefficient (Wildman–Crippen LogP) is 4.18. The van der Waals surface area contributed by atoms with Crippen LogP contribution >= 0.6 is 0 Å². The van der Waals surface area contributed by atoms with Gasteiger partial charge in [0.2, 0.25) is 5.91 Å². The summed E-state index contributed by atoms with van der Waals surface area (Å²) in [5.41, 5.74) is 1.68. The number of benzene rings is 1. The van der Waals surface area contributed by atoms with Crippen LogP contribution in [-0.2, 0) is 14.3 Å². The fraction of sp³-hybridized carbons (Fsp3) is 0.733. The first-order valence-corrected chi connectivity index (χ1v) is 13.8. The number of hydrogen-bond donors (Lipinski definition) is 2. The standard InChI is InChI=1S/C30H53N2O5/c1-10-22(3)24-13-12-14-25(18-24)23(4)17-26(28(35)31(6)7)19-30(5,11-2)29(36)37-21-27(34)20-32(8,9)15-16-33/h12-14,18,22-23,26-27,33-34H,10-11,15-17,19-21H2,1-9H3/q+1. The third kappa shape index (κ3) is 10.4. The molecule has 5 atom stereocenters. The van der Waals surface area contributed by atoms with Gasteiger partial charge in [-0.05, 0) is 55.6 Å². The van der Waals surface area contributed by atoms with Gasteiger partial charge in [0.15, 0.2) is 0 Å². The molecule has 0 aliphatic rings. The normalized spacial score (nSPS) is 16.8. The molecule has 212 valence electrons. The molecule has 0 spiro atoms. The van der Waals surface area contributed by atoms with E-state index in [2.05, 4.69) is 45.0 Å². The summed E-state index contributed by atoms with van der Waals surface area (Å²) in [6, 6.07) is 8.63. The molecule has 1 amide bonds. The molecule has 0 fully saturated rings. The first-order chi connectivity index (χ1) is 17.2. The summed E-state index contributed by atoms with van der Waals surface area (Å²) in [7, 11) is 7.34. The Bertz CT molecular complexity index is 856. The van der Waals surface area contributed by atoms with Crippen LogP contribution in [0.25, 0.3) is 0 Å². The molecule has 0 saturated heterocycles. The molecule has 7 heteroatoms. The Morgan fingerprint density at radius 3 is 2.22 bits per heavy atom. The van der Waals surface area contributed by atoms with Crippen molar-refractivity contribution in [1.82, 2.24) is 4.90 Å². The van der Waals surface area contributed by atoms with Gasteiger partial charge in [-0.15, -0.1) is 0 Å². The van der Waals surface area contributed by atoms with Crippen molar-refractivity contribution in [2.45, 2.75) is 78.2 Å². The summed E-state index contributed by atoms with van der Waals surface area (Å²) < 4.78 is 6.01. The van der Waals surface area contributed by atoms with Crippen LogP contribution in [0.3, 0.4) is 0 Å². The number of hydrogen-bond acceptors (Lipinski definition) is 5. The number of nitrogens with zero attached hydrogens (tertiary/aromatic N) is 2. The molecule has 0 bridgehead atoms. The second-order valence-corrected chi connectivity index (χ2v) is 12.0. The van der Waals surface area contributed by atoms with E-state index in [0.717, 1.165) is 6.42 Å². The molecule has 0 aromatic heterocycles. The maximum Gasteiger partial charge on any atom is 0.311 e. The van der Waals surface area contributed by atoms with Crippen molar-refractivity contribution in [3.8, 4) is 0 Å². The maximum atomic E-state index is 13.2. The zero-order valence-electron chi connectivity index (χ0n) is 24.8. The fourth-order valence-corrected chi connectivity index (χ4v) is 4.85. The fourth-order valence-electron chi connectivity index (χ4n) is 4.85. The van der Waals surface area contributed by atoms with Crippen molar-refractivity contribution >= 4 is 11.9 Å². The second kappa shape index (κ2) is 14.8. The lowest BCUT2D eigenvalue weighted by Crippen LogP contribution is -2.48. The van der Waals surface area contributed by atoms with Crippen LogP contribution < -0.4 is 0 Å². The van der Waals surface area contributed by atoms with Crippen LogP contribution in [0, 0.1) is 11.3 Å². The number of quaternary nitrogens is 1. The molecular weight excluding hydrogens is 468 g/mol. The summed E-state index contributed by atoms with van der Waals surface area (Å²) >= 11 is 0. The van der Waals surface area contributed by atoms with Crippen molar-refractivity contribution in [1.29, 1.82) is 0 Å². The lowest BCUT2D eigenvalue weighted by Gasteiger charge is -2.33. The van der Waals surface area contributed by atoms with Crippen molar-refractivity contribution in [3.05, 3.63) is 35.4 Å². The zero-order valence-corrected chi connectivity index (χ0v) is 24.8. The molecule has 1 rings (SSSR count). The van der Waals surface area contributed by atoms with Gasteiger partial charge >= 0.3 is 5.97 Å². The van der Waals surface area contributed by atoms with Crippen molar-refractivity contribution in [2.24, 2.45) is 11.3 Å². The van der Waals surface area contributed by atoms with E-state index in [1.165, 1.54) is 11.1 Å². The van der Waals surface area contributed by atoms with E-state index in [9.17, 15) is 19.8 Å². The number of amides is 1. The molecule has 2 N–H and O–H groups in total. The average molecular weight is 522 g/mol. The number of esters is 1. The van der Waals surface area contributed by atoms with Gasteiger partial charge in [0.25, 0.3) is 0 Å². The average Bonchev–Trinajstić information content (AvgIpc) is 2.85. The number of ether oxygens (including phenoxy) is 1. The molecule has 1 aromatic carbocycles. The summed E-state index contributed by atoms with van der Waals surface area (Å²) in [6.45, 7) is 11.1. The highest BCUT2D eigenvalue weighted by atomic mass is 16.5. The minimum atomic E-state index is -0.843. The van der Waals surface area contributed by atoms with Gasteiger partial charge in [0, 0.05) is 20.0 Å². The first kappa shape index (κ1) is 33.1. The number of likely N-dealkylation sites (N-methyl/N-ethyl adjacent to an activating group) is 1. The largest absolute Gasteiger partial charge is 0.462 e. The SMILES string of the molecule is CCC(C)c1cccc(C(C)CC(CC(C)(CC)C(=O)OCC(O)C[N+](C)(C)CCO)C(=O)N(C)C)c1. The first-order valence-electron chi connectivity index (χ1n) is 13.8. The Kier molecular flexibility index (Phi) is 13.3. The Hall–Kier alpha value is -1.96. The van der Waals surface area contributed by atoms with Crippen LogP contribution in [-0.4, -0.2) is 92.1 Å². The van der Waals surface area contributed by atoms with Gasteiger partial charge in [-0.2, -0.15) is 0 Å². The van der Waals surface area contributed by atoms with E-state index in [4.69, 9.17) is 4.74 Å². The van der Waals surface area contributed by atoms with Crippen LogP contribution in [0.15, 0.2) is 24.3 Å². The van der Waals surface area contributed by atoms with Gasteiger partial charge in [-0.25, -0.2) is 0 Å². The minimum absolute atomic E-state index is 0.0143. The molecule has 1 aromatic rings. The van der Waals surface area contributed by atoms with Gasteiger partial charge in [-0.3, -0.25) is 9.59 Å². The number of aliphatic hydroxyl groups excluding tert-OH is 2. The van der Waals surface area contributed by atoms with E-state index < -0.39 is 11.5 Å². The molecule has 0 aliphatic heterocycles. The van der Waals surface area contributed by atoms with Gasteiger partial charge in [0.05, 0.1) is 26.1 Å². The topological polar surface area (TPSA) is 87.1 Å². The Morgan fingerprint density at radius 2 is 1.70 bits per heavy atom. The van der Waals surface area contributed by atoms with Crippen molar-refractivity contribution in [3.63, 3.8) is 0 Å². The molecule has 5 unspecified atom stereocenters. The number of carbonyl (C=O) groups excluding carboxylic acids is 2. The van der Waals surface area contributed by atoms with Crippen LogP contribution in [0.4, 0.5) is 0 Å². The van der Waals surface area contributed by atoms with Crippen LogP contribution in [0.2, 0.25) is 0 Å². The third-order valence-electron chi connectivity index (χ3n) is 7.88. The highest BCUT2D eigenvalue weighted by molar-refractivity contribution is 5.81. The van der Waals surface area contributed by atoms with Gasteiger partial charge in [-0.1, -0.05) is 52.0 Å². The smallest absolute Gasteiger partial charge is 0.311 e. The maximum absolute atomic E-state index is 13.2. The number of rotatable bonds is 16. The number of aliphatic hydroxyl groups is 2. The molecule has 0 heterocycles. The van der Waals surface area contributed by atoms with Gasteiger partial charge in [0.1, 0.15) is 25.8 Å². The Morgan fingerprint density at radius 1 is 1.11 bits per heavy atom. The van der Waals surface area contributed by atoms with Crippen molar-refractivity contribution in [2.75, 3.05) is 54.5 Å². The Labute approximate surface area is 225 Å². The van der Waals surface area contributed by atoms with E-state index in [1.807, 2.05) is 27.9 Å². The lowest BCUT2D eigenvalue weighted by atomic mass is 9.75. The van der Waals surface area contributed by atoms with E-state index in [-0.39, 0.29) is 36.9 Å². The molecule has 37 heavy (non-hydrogen) atoms. The lowest BCUT2D eigenvalue weighted by molar-refractivity contribution is -0.893. The molecular formula is C30H53N2O5+. The summed E-state index contributed by atoms with van der Waals surface area (Å²) in [5, 5.41) is 19.6. The molecule has 0 aliphatic carbocycles. The predicted molar refractivity (Wildman–Crippen MR) is 149 cm³/mol. The summed E-state index contributed by atoms with van der Waals surface area (Å²) in [5.74, 6) is -0.0685. The molecule has 7 nitrogen and oxygen atoms in total.